The fourth-order valence-electron chi connectivity index (χ4n) is 2.89. The minimum absolute atomic E-state index is 0.104. The molecule has 310 valence electrons. The van der Waals surface area contributed by atoms with E-state index in [2.05, 4.69) is 9.47 Å². The van der Waals surface area contributed by atoms with Crippen LogP contribution in [0, 0.1) is 0 Å². The standard InChI is InChI=1S/C22H20F24NO4S/c1-47(2,3)7-52-8(10(49)51-6-14(29,30)18(37,38)22(45,46)20(41,42)16(33,34)12(25)26)4-9(48)50-5-13(27,28)17(35,36)21(43,44)19(39,40)15(31,32)11(23)24/h8,11-12H,4-7H2,1-3H3/q+1. The minimum Gasteiger partial charge on any atom is -0.459 e. The number of thioether (sulfide) groups is 1. The molecule has 30 heteroatoms. The molecule has 0 aromatic heterocycles. The van der Waals surface area contributed by atoms with Gasteiger partial charge in [-0.15, -0.1) is 0 Å². The Hall–Kier alpha value is -2.43. The summed E-state index contributed by atoms with van der Waals surface area (Å²) < 4.78 is 326. The lowest BCUT2D eigenvalue weighted by molar-refractivity contribution is -0.857. The van der Waals surface area contributed by atoms with Gasteiger partial charge in [0.15, 0.2) is 13.2 Å². The Balaban J connectivity index is 6.25. The number of halogens is 24. The molecule has 0 spiro atoms. The Morgan fingerprint density at radius 1 is 0.519 bits per heavy atom. The second-order valence-electron chi connectivity index (χ2n) is 11.2. The van der Waals surface area contributed by atoms with Crippen LogP contribution in [-0.4, -0.2) is 134 Å². The third-order valence-corrected chi connectivity index (χ3v) is 7.65. The van der Waals surface area contributed by atoms with Gasteiger partial charge in [0.25, 0.3) is 0 Å². The summed E-state index contributed by atoms with van der Waals surface area (Å²) in [5.41, 5.74) is 0. The van der Waals surface area contributed by atoms with E-state index in [4.69, 9.17) is 0 Å². The van der Waals surface area contributed by atoms with Crippen molar-refractivity contribution in [1.29, 1.82) is 0 Å². The summed E-state index contributed by atoms with van der Waals surface area (Å²) in [7, 11) is 3.57. The summed E-state index contributed by atoms with van der Waals surface area (Å²) in [6, 6.07) is 0. The summed E-state index contributed by atoms with van der Waals surface area (Å²) in [6.07, 6.45) is -13.7. The predicted octanol–water partition coefficient (Wildman–Crippen LogP) is 8.11. The molecule has 0 aromatic carbocycles. The summed E-state index contributed by atoms with van der Waals surface area (Å²) in [5, 5.41) is -2.66. The molecule has 0 N–H and O–H groups in total. The van der Waals surface area contributed by atoms with Gasteiger partial charge < -0.3 is 14.0 Å². The molecule has 0 bridgehead atoms. The van der Waals surface area contributed by atoms with Gasteiger partial charge in [-0.05, 0) is 0 Å². The fourth-order valence-corrected chi connectivity index (χ4v) is 3.97. The molecule has 0 saturated heterocycles. The van der Waals surface area contributed by atoms with Crippen LogP contribution in [0.5, 0.6) is 0 Å². The van der Waals surface area contributed by atoms with Crippen LogP contribution in [0.3, 0.4) is 0 Å². The number of alkyl halides is 24. The van der Waals surface area contributed by atoms with Crippen LogP contribution in [0.1, 0.15) is 6.42 Å². The number of hydrogen-bond acceptors (Lipinski definition) is 5. The van der Waals surface area contributed by atoms with Crippen LogP contribution in [0.15, 0.2) is 0 Å². The van der Waals surface area contributed by atoms with Gasteiger partial charge >= 0.3 is 84.0 Å². The van der Waals surface area contributed by atoms with Crippen molar-refractivity contribution in [3.05, 3.63) is 0 Å². The number of quaternary nitrogens is 1. The average molecular weight is 850 g/mol. The highest BCUT2D eigenvalue weighted by Gasteiger charge is 2.89. The molecule has 0 aliphatic rings. The molecule has 0 saturated carbocycles. The molecule has 0 aromatic rings. The number of nitrogens with zero attached hydrogens (tertiary/aromatic N) is 1. The van der Waals surface area contributed by atoms with E-state index < -0.39 is 119 Å². The first kappa shape index (κ1) is 49.6. The van der Waals surface area contributed by atoms with Crippen LogP contribution in [0.4, 0.5) is 105 Å². The molecule has 0 amide bonds. The molecular weight excluding hydrogens is 830 g/mol. The van der Waals surface area contributed by atoms with Crippen molar-refractivity contribution in [2.24, 2.45) is 0 Å². The molecule has 0 fully saturated rings. The first-order chi connectivity index (χ1) is 22.5. The summed E-state index contributed by atoms with van der Waals surface area (Å²) in [5.74, 6) is -81.9. The Labute approximate surface area is 277 Å². The van der Waals surface area contributed by atoms with Crippen LogP contribution in [0.25, 0.3) is 0 Å². The van der Waals surface area contributed by atoms with Gasteiger partial charge in [-0.1, -0.05) is 11.8 Å². The molecule has 0 aliphatic carbocycles. The van der Waals surface area contributed by atoms with Gasteiger partial charge in [-0.2, -0.15) is 87.8 Å². The Morgan fingerprint density at radius 3 is 1.12 bits per heavy atom. The normalized spacial score (nSPS) is 16.0. The van der Waals surface area contributed by atoms with Gasteiger partial charge in [0, 0.05) is 0 Å². The third-order valence-electron chi connectivity index (χ3n) is 5.97. The lowest BCUT2D eigenvalue weighted by atomic mass is 9.94. The van der Waals surface area contributed by atoms with Crippen LogP contribution in [-0.2, 0) is 19.1 Å². The summed E-state index contributed by atoms with van der Waals surface area (Å²) in [6.45, 7) is -7.08. The van der Waals surface area contributed by atoms with Crippen LogP contribution >= 0.6 is 11.8 Å². The first-order valence-electron chi connectivity index (χ1n) is 12.6. The number of ether oxygens (including phenoxy) is 2. The largest absolute Gasteiger partial charge is 0.459 e. The van der Waals surface area contributed by atoms with Gasteiger partial charge in [-0.25, -0.2) is 17.6 Å². The van der Waals surface area contributed by atoms with Crippen molar-refractivity contribution >= 4 is 23.7 Å². The number of hydrogen-bond donors (Lipinski definition) is 0. The summed E-state index contributed by atoms with van der Waals surface area (Å²) in [4.78, 5) is 24.2. The highest BCUT2D eigenvalue weighted by Crippen LogP contribution is 2.59. The van der Waals surface area contributed by atoms with Crippen LogP contribution in [0.2, 0.25) is 0 Å². The smallest absolute Gasteiger partial charge is 0.384 e. The highest BCUT2D eigenvalue weighted by atomic mass is 32.2. The summed E-state index contributed by atoms with van der Waals surface area (Å²) >= 11 is -0.104. The first-order valence-corrected chi connectivity index (χ1v) is 13.6. The maximum absolute atomic E-state index is 14.0. The second-order valence-corrected chi connectivity index (χ2v) is 12.4. The van der Waals surface area contributed by atoms with Crippen molar-refractivity contribution in [1.82, 2.24) is 0 Å². The molecule has 0 heterocycles. The third kappa shape index (κ3) is 8.92. The molecule has 1 atom stereocenters. The fraction of sp³-hybridized carbons (Fsp3) is 0.909. The van der Waals surface area contributed by atoms with Gasteiger partial charge in [0.05, 0.1) is 27.6 Å². The van der Waals surface area contributed by atoms with Crippen LogP contribution < -0.4 is 0 Å². The molecule has 5 nitrogen and oxygen atoms in total. The number of carbonyl (C=O) groups is 2. The molecule has 0 radical (unpaired) electrons. The Morgan fingerprint density at radius 2 is 0.827 bits per heavy atom. The van der Waals surface area contributed by atoms with Crippen molar-refractivity contribution in [2.75, 3.05) is 40.2 Å². The lowest BCUT2D eigenvalue weighted by Crippen LogP contribution is -2.69. The van der Waals surface area contributed by atoms with E-state index >= 15 is 0 Å². The average Bonchev–Trinajstić information content (AvgIpc) is 2.95. The molecule has 0 rings (SSSR count). The quantitative estimate of drug-likeness (QED) is 0.0537. The maximum atomic E-state index is 14.0. The van der Waals surface area contributed by atoms with E-state index in [9.17, 15) is 115 Å². The molecular formula is C22H20F24NO4S+. The molecule has 0 aliphatic heterocycles. The second kappa shape index (κ2) is 15.0. The lowest BCUT2D eigenvalue weighted by Gasteiger charge is -2.39. The predicted molar refractivity (Wildman–Crippen MR) is 122 cm³/mol. The maximum Gasteiger partial charge on any atom is 0.384 e. The Kier molecular flexibility index (Phi) is 14.3. The van der Waals surface area contributed by atoms with Crippen molar-refractivity contribution < 1.29 is 129 Å². The van der Waals surface area contributed by atoms with Gasteiger partial charge in [-0.3, -0.25) is 9.59 Å². The molecule has 1 unspecified atom stereocenters. The van der Waals surface area contributed by atoms with E-state index in [-0.39, 0.29) is 11.8 Å². The van der Waals surface area contributed by atoms with Gasteiger partial charge in [0.1, 0.15) is 11.1 Å². The SMILES string of the molecule is C[N+](C)(C)CSC(CC(=O)OCC(F)(F)C(F)(F)C(F)(F)C(F)(F)C(F)(F)C(F)F)C(=O)OCC(F)(F)C(F)(F)C(F)(F)C(F)(F)C(F)(F)C(F)F. The van der Waals surface area contributed by atoms with Gasteiger partial charge in [0.2, 0.25) is 0 Å². The monoisotopic (exact) mass is 850 g/mol. The van der Waals surface area contributed by atoms with E-state index in [1.54, 1.807) is 0 Å². The van der Waals surface area contributed by atoms with Crippen molar-refractivity contribution in [3.8, 4) is 0 Å². The zero-order chi connectivity index (χ0) is 42.3. The number of carbonyl (C=O) groups excluding carboxylic acids is 2. The molecule has 52 heavy (non-hydrogen) atoms. The zero-order valence-corrected chi connectivity index (χ0v) is 25.9. The Bertz CT molecular complexity index is 1250. The van der Waals surface area contributed by atoms with Crippen molar-refractivity contribution in [2.45, 2.75) is 83.7 Å². The number of rotatable bonds is 20. The van der Waals surface area contributed by atoms with E-state index in [0.29, 0.717) is 0 Å². The highest BCUT2D eigenvalue weighted by molar-refractivity contribution is 8.00. The minimum atomic E-state index is -8.07. The topological polar surface area (TPSA) is 52.6 Å². The van der Waals surface area contributed by atoms with E-state index in [1.165, 1.54) is 21.1 Å². The zero-order valence-electron chi connectivity index (χ0n) is 25.1. The van der Waals surface area contributed by atoms with E-state index in [0.717, 1.165) is 0 Å². The van der Waals surface area contributed by atoms with Crippen molar-refractivity contribution in [3.63, 3.8) is 0 Å². The van der Waals surface area contributed by atoms with E-state index in [1.807, 2.05) is 0 Å². The number of esters is 2.